The lowest BCUT2D eigenvalue weighted by atomic mass is 9.97. The molecule has 0 radical (unpaired) electrons. The van der Waals surface area contributed by atoms with Crippen LogP contribution in [0.15, 0.2) is 48.5 Å². The number of aliphatic hydroxyl groups excluding tert-OH is 1. The molecule has 0 aliphatic carbocycles. The van der Waals surface area contributed by atoms with Crippen molar-refractivity contribution < 1.29 is 14.2 Å². The summed E-state index contributed by atoms with van der Waals surface area (Å²) < 4.78 is 19.2. The van der Waals surface area contributed by atoms with Gasteiger partial charge in [-0.15, -0.1) is 0 Å². The summed E-state index contributed by atoms with van der Waals surface area (Å²) in [5, 5.41) is 13.0. The lowest BCUT2D eigenvalue weighted by Crippen LogP contribution is -2.46. The molecule has 0 aromatic heterocycles. The van der Waals surface area contributed by atoms with Crippen LogP contribution in [-0.2, 0) is 13.0 Å². The van der Waals surface area contributed by atoms with Crippen molar-refractivity contribution in [3.8, 4) is 5.75 Å². The molecule has 2 N–H and O–H groups in total. The summed E-state index contributed by atoms with van der Waals surface area (Å²) in [4.78, 5) is 0. The van der Waals surface area contributed by atoms with Crippen LogP contribution in [0.2, 0.25) is 0 Å². The fraction of sp³-hybridized carbons (Fsp3) is 0.333. The number of fused-ring (bicyclic) bond motifs is 1. The topological polar surface area (TPSA) is 41.5 Å². The van der Waals surface area contributed by atoms with E-state index in [1.54, 1.807) is 6.07 Å². The van der Waals surface area contributed by atoms with Crippen LogP contribution < -0.4 is 10.1 Å². The maximum atomic E-state index is 13.2. The van der Waals surface area contributed by atoms with Crippen molar-refractivity contribution in [3.63, 3.8) is 0 Å². The Kier molecular flexibility index (Phi) is 4.71. The van der Waals surface area contributed by atoms with Crippen molar-refractivity contribution in [2.45, 2.75) is 31.5 Å². The largest absolute Gasteiger partial charge is 0.488 e. The van der Waals surface area contributed by atoms with Crippen LogP contribution in [-0.4, -0.2) is 23.9 Å². The number of ether oxygens (including phenoxy) is 1. The predicted octanol–water partition coefficient (Wildman–Crippen LogP) is 2.67. The van der Waals surface area contributed by atoms with Gasteiger partial charge in [0.1, 0.15) is 17.7 Å². The second-order valence-corrected chi connectivity index (χ2v) is 5.60. The highest BCUT2D eigenvalue weighted by atomic mass is 19.1. The Morgan fingerprint density at radius 1 is 1.23 bits per heavy atom. The van der Waals surface area contributed by atoms with E-state index in [-0.39, 0.29) is 24.6 Å². The molecule has 3 rings (SSSR count). The van der Waals surface area contributed by atoms with Crippen LogP contribution in [0.1, 0.15) is 17.5 Å². The highest BCUT2D eigenvalue weighted by Gasteiger charge is 2.27. The smallest absolute Gasteiger partial charge is 0.123 e. The summed E-state index contributed by atoms with van der Waals surface area (Å²) in [5.41, 5.74) is 2.07. The third kappa shape index (κ3) is 3.46. The Morgan fingerprint density at radius 2 is 2.05 bits per heavy atom. The summed E-state index contributed by atoms with van der Waals surface area (Å²) in [6.45, 7) is 0.691. The number of aryl methyl sites for hydroxylation is 1. The third-order valence-electron chi connectivity index (χ3n) is 4.06. The summed E-state index contributed by atoms with van der Waals surface area (Å²) in [6.07, 6.45) is 1.43. The number of hydrogen-bond acceptors (Lipinski definition) is 3. The molecule has 0 spiro atoms. The SMILES string of the molecule is OC[C@@H](NCc1ccccc1)[C@@H]1CCc2cc(F)ccc2O1. The minimum absolute atomic E-state index is 0.00796. The highest BCUT2D eigenvalue weighted by Crippen LogP contribution is 2.29. The molecule has 0 bridgehead atoms. The first-order chi connectivity index (χ1) is 10.8. The van der Waals surface area contributed by atoms with Crippen molar-refractivity contribution in [1.29, 1.82) is 0 Å². The van der Waals surface area contributed by atoms with Gasteiger partial charge in [-0.25, -0.2) is 4.39 Å². The van der Waals surface area contributed by atoms with E-state index in [0.29, 0.717) is 6.54 Å². The molecule has 2 atom stereocenters. The predicted molar refractivity (Wildman–Crippen MR) is 83.3 cm³/mol. The van der Waals surface area contributed by atoms with Crippen LogP contribution >= 0.6 is 0 Å². The molecule has 0 fully saturated rings. The maximum absolute atomic E-state index is 13.2. The van der Waals surface area contributed by atoms with Crippen LogP contribution in [0.5, 0.6) is 5.75 Å². The zero-order valence-corrected chi connectivity index (χ0v) is 12.3. The van der Waals surface area contributed by atoms with Crippen molar-refractivity contribution in [1.82, 2.24) is 5.32 Å². The summed E-state index contributed by atoms with van der Waals surface area (Å²) in [7, 11) is 0. The second-order valence-electron chi connectivity index (χ2n) is 5.60. The zero-order valence-electron chi connectivity index (χ0n) is 12.3. The van der Waals surface area contributed by atoms with Crippen LogP contribution in [0.25, 0.3) is 0 Å². The molecule has 4 heteroatoms. The van der Waals surface area contributed by atoms with Crippen LogP contribution in [0.3, 0.4) is 0 Å². The number of halogens is 1. The van der Waals surface area contributed by atoms with Gasteiger partial charge >= 0.3 is 0 Å². The van der Waals surface area contributed by atoms with E-state index in [1.165, 1.54) is 17.7 Å². The lowest BCUT2D eigenvalue weighted by molar-refractivity contribution is 0.0914. The molecule has 116 valence electrons. The molecule has 0 unspecified atom stereocenters. The first-order valence-corrected chi connectivity index (χ1v) is 7.59. The summed E-state index contributed by atoms with van der Waals surface area (Å²) >= 11 is 0. The highest BCUT2D eigenvalue weighted by molar-refractivity contribution is 5.36. The minimum atomic E-state index is -0.235. The molecule has 0 amide bonds. The lowest BCUT2D eigenvalue weighted by Gasteiger charge is -2.32. The standard InChI is InChI=1S/C18H20FNO2/c19-15-7-9-17-14(10-15)6-8-18(22-17)16(12-21)20-11-13-4-2-1-3-5-13/h1-5,7,9-10,16,18,20-21H,6,8,11-12H2/t16-,18+/m1/s1. The van der Waals surface area contributed by atoms with E-state index < -0.39 is 0 Å². The molecular weight excluding hydrogens is 281 g/mol. The number of benzene rings is 2. The minimum Gasteiger partial charge on any atom is -0.488 e. The first kappa shape index (κ1) is 15.0. The van der Waals surface area contributed by atoms with Crippen molar-refractivity contribution in [2.75, 3.05) is 6.61 Å². The fourth-order valence-electron chi connectivity index (χ4n) is 2.82. The number of rotatable bonds is 5. The average Bonchev–Trinajstić information content (AvgIpc) is 2.56. The number of aliphatic hydroxyl groups is 1. The monoisotopic (exact) mass is 301 g/mol. The Bertz CT molecular complexity index is 618. The second kappa shape index (κ2) is 6.90. The Labute approximate surface area is 129 Å². The first-order valence-electron chi connectivity index (χ1n) is 7.59. The molecule has 0 saturated heterocycles. The van der Waals surface area contributed by atoms with Gasteiger partial charge in [0, 0.05) is 6.54 Å². The molecule has 1 aliphatic rings. The van der Waals surface area contributed by atoms with E-state index in [9.17, 15) is 9.50 Å². The summed E-state index contributed by atoms with van der Waals surface area (Å²) in [6, 6.07) is 14.5. The Morgan fingerprint density at radius 3 is 2.82 bits per heavy atom. The van der Waals surface area contributed by atoms with Crippen LogP contribution in [0.4, 0.5) is 4.39 Å². The van der Waals surface area contributed by atoms with Crippen molar-refractivity contribution in [3.05, 3.63) is 65.5 Å². The van der Waals surface area contributed by atoms with Gasteiger partial charge in [-0.05, 0) is 42.2 Å². The quantitative estimate of drug-likeness (QED) is 0.892. The summed E-state index contributed by atoms with van der Waals surface area (Å²) in [5.74, 6) is 0.485. The van der Waals surface area contributed by atoms with Gasteiger partial charge in [0.25, 0.3) is 0 Å². The van der Waals surface area contributed by atoms with Gasteiger partial charge in [-0.1, -0.05) is 30.3 Å². The van der Waals surface area contributed by atoms with E-state index in [1.807, 2.05) is 30.3 Å². The van der Waals surface area contributed by atoms with Gasteiger partial charge < -0.3 is 15.2 Å². The molecule has 0 saturated carbocycles. The molecule has 3 nitrogen and oxygen atoms in total. The van der Waals surface area contributed by atoms with E-state index in [4.69, 9.17) is 4.74 Å². The van der Waals surface area contributed by atoms with Gasteiger partial charge in [-0.3, -0.25) is 0 Å². The third-order valence-corrected chi connectivity index (χ3v) is 4.06. The van der Waals surface area contributed by atoms with Crippen molar-refractivity contribution in [2.24, 2.45) is 0 Å². The van der Waals surface area contributed by atoms with E-state index >= 15 is 0 Å². The molecule has 1 aliphatic heterocycles. The van der Waals surface area contributed by atoms with Crippen LogP contribution in [0, 0.1) is 5.82 Å². The molecule has 1 heterocycles. The Hall–Kier alpha value is -1.91. The molecular formula is C18H20FNO2. The normalized spacial score (nSPS) is 18.4. The average molecular weight is 301 g/mol. The molecule has 2 aromatic rings. The van der Waals surface area contributed by atoms with E-state index in [0.717, 1.165) is 24.2 Å². The van der Waals surface area contributed by atoms with Crippen molar-refractivity contribution >= 4 is 0 Å². The zero-order chi connectivity index (χ0) is 15.4. The maximum Gasteiger partial charge on any atom is 0.123 e. The number of hydrogen-bond donors (Lipinski definition) is 2. The Balaban J connectivity index is 1.63. The van der Waals surface area contributed by atoms with Gasteiger partial charge in [0.2, 0.25) is 0 Å². The van der Waals surface area contributed by atoms with E-state index in [2.05, 4.69) is 5.32 Å². The van der Waals surface area contributed by atoms with Gasteiger partial charge in [0.15, 0.2) is 0 Å². The molecule has 2 aromatic carbocycles. The number of nitrogens with one attached hydrogen (secondary N) is 1. The molecule has 22 heavy (non-hydrogen) atoms. The van der Waals surface area contributed by atoms with Gasteiger partial charge in [-0.2, -0.15) is 0 Å². The fourth-order valence-corrected chi connectivity index (χ4v) is 2.82. The van der Waals surface area contributed by atoms with Gasteiger partial charge in [0.05, 0.1) is 12.6 Å².